The molecule has 0 saturated carbocycles. The van der Waals surface area contributed by atoms with Crippen molar-refractivity contribution in [1.29, 1.82) is 0 Å². The Balaban J connectivity index is 3.17. The van der Waals surface area contributed by atoms with Gasteiger partial charge in [0.05, 0.1) is 6.54 Å². The summed E-state index contributed by atoms with van der Waals surface area (Å²) in [6.07, 6.45) is -1.86. The summed E-state index contributed by atoms with van der Waals surface area (Å²) in [5.74, 6) is -0.802. The molecule has 0 aromatic heterocycles. The Labute approximate surface area is 106 Å². The van der Waals surface area contributed by atoms with Gasteiger partial charge >= 0.3 is 0 Å². The standard InChI is InChI=1S/C12H20F2N2O2/c1-5-12(6-2)10(18)16(7-8(13)14)11(3,4)9(17)15-12/h8H,5-7H2,1-4H3,(H,15,17). The first-order chi connectivity index (χ1) is 8.21. The van der Waals surface area contributed by atoms with Crippen LogP contribution >= 0.6 is 0 Å². The summed E-state index contributed by atoms with van der Waals surface area (Å²) in [4.78, 5) is 25.4. The normalized spacial score (nSPS) is 22.3. The molecule has 2 amide bonds. The lowest BCUT2D eigenvalue weighted by atomic mass is 9.83. The molecule has 0 bridgehead atoms. The van der Waals surface area contributed by atoms with Crippen molar-refractivity contribution in [2.75, 3.05) is 6.54 Å². The number of halogens is 2. The van der Waals surface area contributed by atoms with Crippen LogP contribution in [-0.4, -0.2) is 40.8 Å². The van der Waals surface area contributed by atoms with Gasteiger partial charge < -0.3 is 10.2 Å². The van der Waals surface area contributed by atoms with Gasteiger partial charge in [-0.2, -0.15) is 0 Å². The lowest BCUT2D eigenvalue weighted by Gasteiger charge is -2.49. The number of hydrogen-bond acceptors (Lipinski definition) is 2. The molecule has 1 fully saturated rings. The molecule has 0 aromatic carbocycles. The molecule has 0 atom stereocenters. The van der Waals surface area contributed by atoms with E-state index in [1.54, 1.807) is 13.8 Å². The van der Waals surface area contributed by atoms with E-state index >= 15 is 0 Å². The van der Waals surface area contributed by atoms with Gasteiger partial charge in [-0.15, -0.1) is 0 Å². The van der Waals surface area contributed by atoms with E-state index in [1.165, 1.54) is 13.8 Å². The molecule has 0 unspecified atom stereocenters. The van der Waals surface area contributed by atoms with Crippen LogP contribution in [0.4, 0.5) is 8.78 Å². The van der Waals surface area contributed by atoms with Gasteiger partial charge in [0.2, 0.25) is 11.8 Å². The van der Waals surface area contributed by atoms with Crippen molar-refractivity contribution >= 4 is 11.8 Å². The third kappa shape index (κ3) is 2.20. The molecule has 4 nitrogen and oxygen atoms in total. The zero-order valence-corrected chi connectivity index (χ0v) is 11.2. The fourth-order valence-electron chi connectivity index (χ4n) is 2.24. The highest BCUT2D eigenvalue weighted by Gasteiger charge is 2.53. The first-order valence-electron chi connectivity index (χ1n) is 6.14. The Morgan fingerprint density at radius 1 is 1.22 bits per heavy atom. The molecule has 1 saturated heterocycles. The van der Waals surface area contributed by atoms with E-state index in [2.05, 4.69) is 5.32 Å². The lowest BCUT2D eigenvalue weighted by molar-refractivity contribution is -0.164. The van der Waals surface area contributed by atoms with Crippen molar-refractivity contribution in [3.05, 3.63) is 0 Å². The van der Waals surface area contributed by atoms with E-state index in [9.17, 15) is 18.4 Å². The summed E-state index contributed by atoms with van der Waals surface area (Å²) < 4.78 is 25.2. The fourth-order valence-corrected chi connectivity index (χ4v) is 2.24. The monoisotopic (exact) mass is 262 g/mol. The molecule has 1 heterocycles. The molecule has 6 heteroatoms. The van der Waals surface area contributed by atoms with Crippen LogP contribution in [0.1, 0.15) is 40.5 Å². The van der Waals surface area contributed by atoms with Crippen LogP contribution in [0, 0.1) is 0 Å². The molecule has 1 rings (SSSR count). The number of nitrogens with zero attached hydrogens (tertiary/aromatic N) is 1. The number of hydrogen-bond donors (Lipinski definition) is 1. The second kappa shape index (κ2) is 4.82. The number of rotatable bonds is 4. The molecule has 18 heavy (non-hydrogen) atoms. The van der Waals surface area contributed by atoms with Crippen LogP contribution in [0.2, 0.25) is 0 Å². The summed E-state index contributed by atoms with van der Waals surface area (Å²) in [6, 6.07) is 0. The van der Waals surface area contributed by atoms with Crippen LogP contribution in [0.25, 0.3) is 0 Å². The Bertz CT molecular complexity index is 352. The van der Waals surface area contributed by atoms with E-state index < -0.39 is 30.0 Å². The lowest BCUT2D eigenvalue weighted by Crippen LogP contribution is -2.74. The summed E-state index contributed by atoms with van der Waals surface area (Å²) in [6.45, 7) is 5.79. The van der Waals surface area contributed by atoms with Crippen LogP contribution in [0.5, 0.6) is 0 Å². The van der Waals surface area contributed by atoms with Crippen LogP contribution in [-0.2, 0) is 9.59 Å². The number of carbonyl (C=O) groups excluding carboxylic acids is 2. The van der Waals surface area contributed by atoms with Crippen molar-refractivity contribution < 1.29 is 18.4 Å². The second-order valence-electron chi connectivity index (χ2n) is 5.11. The number of alkyl halides is 2. The van der Waals surface area contributed by atoms with Crippen molar-refractivity contribution in [2.24, 2.45) is 0 Å². The molecule has 0 aliphatic carbocycles. The number of nitrogens with one attached hydrogen (secondary N) is 1. The highest BCUT2D eigenvalue weighted by Crippen LogP contribution is 2.30. The maximum Gasteiger partial charge on any atom is 0.255 e. The predicted molar refractivity (Wildman–Crippen MR) is 63.3 cm³/mol. The van der Waals surface area contributed by atoms with Crippen LogP contribution in [0.15, 0.2) is 0 Å². The largest absolute Gasteiger partial charge is 0.340 e. The van der Waals surface area contributed by atoms with E-state index in [-0.39, 0.29) is 5.91 Å². The Kier molecular flexibility index (Phi) is 3.98. The fraction of sp³-hybridized carbons (Fsp3) is 0.833. The number of piperazine rings is 1. The van der Waals surface area contributed by atoms with Crippen LogP contribution in [0.3, 0.4) is 0 Å². The van der Waals surface area contributed by atoms with E-state index in [4.69, 9.17) is 0 Å². The highest BCUT2D eigenvalue weighted by molar-refractivity contribution is 6.01. The molecule has 104 valence electrons. The molecule has 0 spiro atoms. The summed E-state index contributed by atoms with van der Waals surface area (Å²) in [5, 5.41) is 2.70. The third-order valence-electron chi connectivity index (χ3n) is 3.77. The number of amides is 2. The smallest absolute Gasteiger partial charge is 0.255 e. The van der Waals surface area contributed by atoms with Crippen molar-refractivity contribution in [3.63, 3.8) is 0 Å². The first kappa shape index (κ1) is 14.9. The van der Waals surface area contributed by atoms with E-state index in [0.717, 1.165) is 4.90 Å². The van der Waals surface area contributed by atoms with Gasteiger partial charge in [-0.3, -0.25) is 9.59 Å². The van der Waals surface area contributed by atoms with Gasteiger partial charge in [0, 0.05) is 0 Å². The maximum absolute atomic E-state index is 12.6. The third-order valence-corrected chi connectivity index (χ3v) is 3.77. The first-order valence-corrected chi connectivity index (χ1v) is 6.14. The molecular weight excluding hydrogens is 242 g/mol. The molecule has 1 aliphatic heterocycles. The highest BCUT2D eigenvalue weighted by atomic mass is 19.3. The molecule has 1 N–H and O–H groups in total. The van der Waals surface area contributed by atoms with Gasteiger partial charge in [-0.1, -0.05) is 13.8 Å². The minimum Gasteiger partial charge on any atom is -0.340 e. The number of carbonyl (C=O) groups is 2. The zero-order valence-electron chi connectivity index (χ0n) is 11.2. The summed E-state index contributed by atoms with van der Waals surface area (Å²) >= 11 is 0. The van der Waals surface area contributed by atoms with Crippen LogP contribution < -0.4 is 5.32 Å². The molecule has 0 aromatic rings. The topological polar surface area (TPSA) is 49.4 Å². The Morgan fingerprint density at radius 3 is 2.11 bits per heavy atom. The average molecular weight is 262 g/mol. The zero-order chi connectivity index (χ0) is 14.1. The molecular formula is C12H20F2N2O2. The summed E-state index contributed by atoms with van der Waals surface area (Å²) in [5.41, 5.74) is -2.27. The van der Waals surface area contributed by atoms with Crippen molar-refractivity contribution in [2.45, 2.75) is 58.0 Å². The maximum atomic E-state index is 12.6. The molecule has 0 radical (unpaired) electrons. The minimum atomic E-state index is -2.65. The van der Waals surface area contributed by atoms with Gasteiger partial charge in [0.1, 0.15) is 11.1 Å². The van der Waals surface area contributed by atoms with Gasteiger partial charge in [0.25, 0.3) is 6.43 Å². The van der Waals surface area contributed by atoms with Gasteiger partial charge in [-0.25, -0.2) is 8.78 Å². The van der Waals surface area contributed by atoms with Crippen molar-refractivity contribution in [3.8, 4) is 0 Å². The minimum absolute atomic E-state index is 0.383. The van der Waals surface area contributed by atoms with E-state index in [0.29, 0.717) is 12.8 Å². The van der Waals surface area contributed by atoms with Gasteiger partial charge in [-0.05, 0) is 26.7 Å². The Hall–Kier alpha value is -1.20. The van der Waals surface area contributed by atoms with Gasteiger partial charge in [0.15, 0.2) is 0 Å². The molecule has 1 aliphatic rings. The summed E-state index contributed by atoms with van der Waals surface area (Å²) in [7, 11) is 0. The quantitative estimate of drug-likeness (QED) is 0.835. The van der Waals surface area contributed by atoms with E-state index in [1.807, 2.05) is 0 Å². The average Bonchev–Trinajstić information content (AvgIpc) is 2.30. The Morgan fingerprint density at radius 2 is 1.72 bits per heavy atom. The second-order valence-corrected chi connectivity index (χ2v) is 5.11. The predicted octanol–water partition coefficient (Wildman–Crippen LogP) is 1.55. The van der Waals surface area contributed by atoms with Crippen molar-refractivity contribution in [1.82, 2.24) is 10.2 Å². The SMILES string of the molecule is CCC1(CC)NC(=O)C(C)(C)N(CC(F)F)C1=O.